The summed E-state index contributed by atoms with van der Waals surface area (Å²) in [6, 6.07) is 20.2. The van der Waals surface area contributed by atoms with E-state index in [4.69, 9.17) is 5.26 Å². The third-order valence-electron chi connectivity index (χ3n) is 3.93. The van der Waals surface area contributed by atoms with Crippen LogP contribution in [0, 0.1) is 25.2 Å². The molecule has 4 nitrogen and oxygen atoms in total. The lowest BCUT2D eigenvalue weighted by atomic mass is 10.1. The number of hydrogen-bond donors (Lipinski definition) is 1. The highest BCUT2D eigenvalue weighted by Gasteiger charge is 2.08. The molecular formula is C20H20N4. The molecule has 3 rings (SSSR count). The lowest BCUT2D eigenvalue weighted by molar-refractivity contribution is 0.684. The van der Waals surface area contributed by atoms with Crippen molar-refractivity contribution in [3.63, 3.8) is 0 Å². The third kappa shape index (κ3) is 3.53. The maximum absolute atomic E-state index is 8.98. The molecular weight excluding hydrogens is 296 g/mol. The molecule has 0 spiro atoms. The molecule has 0 saturated carbocycles. The molecule has 0 unspecified atom stereocenters. The van der Waals surface area contributed by atoms with E-state index in [0.29, 0.717) is 5.56 Å². The molecule has 1 N–H and O–H groups in total. The number of nitrogens with zero attached hydrogens (tertiary/aromatic N) is 3. The van der Waals surface area contributed by atoms with Crippen molar-refractivity contribution in [2.45, 2.75) is 26.9 Å². The zero-order valence-electron chi connectivity index (χ0n) is 14.0. The van der Waals surface area contributed by atoms with Crippen LogP contribution in [0.3, 0.4) is 0 Å². The lowest BCUT2D eigenvalue weighted by Crippen LogP contribution is -2.15. The van der Waals surface area contributed by atoms with Crippen molar-refractivity contribution in [1.29, 1.82) is 5.26 Å². The van der Waals surface area contributed by atoms with E-state index in [1.807, 2.05) is 48.0 Å². The molecule has 0 bridgehead atoms. The summed E-state index contributed by atoms with van der Waals surface area (Å²) in [6.07, 6.45) is 0. The molecule has 0 atom stereocenters. The smallest absolute Gasteiger partial charge is 0.0991 e. The fourth-order valence-electron chi connectivity index (χ4n) is 2.83. The van der Waals surface area contributed by atoms with Crippen LogP contribution in [0.15, 0.2) is 54.6 Å². The van der Waals surface area contributed by atoms with Gasteiger partial charge in [-0.3, -0.25) is 0 Å². The summed E-state index contributed by atoms with van der Waals surface area (Å²) in [5, 5.41) is 17.0. The standard InChI is InChI=1S/C20H20N4/c1-15-10-16(2)24(23-15)20-9-4-3-8-19(20)14-22-13-18-7-5-6-17(11-18)12-21/h3-11,22H,13-14H2,1-2H3. The second-order valence-corrected chi connectivity index (χ2v) is 5.88. The fraction of sp³-hybridized carbons (Fsp3) is 0.200. The molecule has 0 saturated heterocycles. The Morgan fingerprint density at radius 3 is 2.62 bits per heavy atom. The molecule has 0 fully saturated rings. The summed E-state index contributed by atoms with van der Waals surface area (Å²) in [7, 11) is 0. The molecule has 0 aliphatic heterocycles. The number of nitriles is 1. The molecule has 0 radical (unpaired) electrons. The molecule has 1 heterocycles. The highest BCUT2D eigenvalue weighted by molar-refractivity contribution is 5.42. The first kappa shape index (κ1) is 16.0. The Morgan fingerprint density at radius 1 is 1.04 bits per heavy atom. The van der Waals surface area contributed by atoms with Crippen LogP contribution < -0.4 is 5.32 Å². The number of rotatable bonds is 5. The predicted molar refractivity (Wildman–Crippen MR) is 94.7 cm³/mol. The monoisotopic (exact) mass is 316 g/mol. The largest absolute Gasteiger partial charge is 0.309 e. The van der Waals surface area contributed by atoms with E-state index in [0.717, 1.165) is 35.7 Å². The zero-order chi connectivity index (χ0) is 16.9. The van der Waals surface area contributed by atoms with Crippen LogP contribution in [0.2, 0.25) is 0 Å². The second-order valence-electron chi connectivity index (χ2n) is 5.88. The maximum Gasteiger partial charge on any atom is 0.0991 e. The second kappa shape index (κ2) is 7.12. The van der Waals surface area contributed by atoms with Gasteiger partial charge in [-0.15, -0.1) is 0 Å². The fourth-order valence-corrected chi connectivity index (χ4v) is 2.83. The minimum absolute atomic E-state index is 0.692. The molecule has 120 valence electrons. The van der Waals surface area contributed by atoms with Gasteiger partial charge in [-0.2, -0.15) is 10.4 Å². The molecule has 1 aromatic heterocycles. The lowest BCUT2D eigenvalue weighted by Gasteiger charge is -2.12. The highest BCUT2D eigenvalue weighted by Crippen LogP contribution is 2.17. The minimum atomic E-state index is 0.692. The van der Waals surface area contributed by atoms with Crippen molar-refractivity contribution < 1.29 is 0 Å². The van der Waals surface area contributed by atoms with Crippen LogP contribution in [0.25, 0.3) is 5.69 Å². The van der Waals surface area contributed by atoms with Gasteiger partial charge in [0.15, 0.2) is 0 Å². The summed E-state index contributed by atoms with van der Waals surface area (Å²) in [6.45, 7) is 5.54. The number of para-hydroxylation sites is 1. The van der Waals surface area contributed by atoms with Gasteiger partial charge in [0.25, 0.3) is 0 Å². The Hall–Kier alpha value is -2.90. The first-order valence-electron chi connectivity index (χ1n) is 7.98. The molecule has 4 heteroatoms. The summed E-state index contributed by atoms with van der Waals surface area (Å²) in [4.78, 5) is 0. The normalized spacial score (nSPS) is 10.5. The van der Waals surface area contributed by atoms with Crippen LogP contribution in [-0.4, -0.2) is 9.78 Å². The summed E-state index contributed by atoms with van der Waals surface area (Å²) in [5.74, 6) is 0. The molecule has 0 aliphatic carbocycles. The van der Waals surface area contributed by atoms with Gasteiger partial charge in [0, 0.05) is 18.8 Å². The highest BCUT2D eigenvalue weighted by atomic mass is 15.3. The summed E-state index contributed by atoms with van der Waals surface area (Å²) >= 11 is 0. The van der Waals surface area contributed by atoms with Crippen molar-refractivity contribution in [2.24, 2.45) is 0 Å². The van der Waals surface area contributed by atoms with Crippen molar-refractivity contribution in [3.05, 3.63) is 82.7 Å². The first-order chi connectivity index (χ1) is 11.7. The topological polar surface area (TPSA) is 53.6 Å². The van der Waals surface area contributed by atoms with Gasteiger partial charge in [0.1, 0.15) is 0 Å². The van der Waals surface area contributed by atoms with Gasteiger partial charge < -0.3 is 5.32 Å². The van der Waals surface area contributed by atoms with E-state index in [9.17, 15) is 0 Å². The van der Waals surface area contributed by atoms with E-state index < -0.39 is 0 Å². The van der Waals surface area contributed by atoms with Crippen molar-refractivity contribution in [3.8, 4) is 11.8 Å². The molecule has 0 amide bonds. The third-order valence-corrected chi connectivity index (χ3v) is 3.93. The maximum atomic E-state index is 8.98. The van der Waals surface area contributed by atoms with E-state index in [1.54, 1.807) is 0 Å². The number of benzene rings is 2. The number of hydrogen-bond acceptors (Lipinski definition) is 3. The van der Waals surface area contributed by atoms with Gasteiger partial charge in [-0.25, -0.2) is 4.68 Å². The molecule has 3 aromatic rings. The number of aromatic nitrogens is 2. The van der Waals surface area contributed by atoms with Crippen molar-refractivity contribution in [2.75, 3.05) is 0 Å². The van der Waals surface area contributed by atoms with E-state index in [-0.39, 0.29) is 0 Å². The van der Waals surface area contributed by atoms with E-state index in [2.05, 4.69) is 41.6 Å². The molecule has 2 aromatic carbocycles. The van der Waals surface area contributed by atoms with Crippen LogP contribution in [0.1, 0.15) is 28.1 Å². The van der Waals surface area contributed by atoms with E-state index in [1.165, 1.54) is 5.56 Å². The number of aryl methyl sites for hydroxylation is 2. The quantitative estimate of drug-likeness (QED) is 0.781. The molecule has 24 heavy (non-hydrogen) atoms. The Bertz CT molecular complexity index is 887. The van der Waals surface area contributed by atoms with Gasteiger partial charge in [0.2, 0.25) is 0 Å². The SMILES string of the molecule is Cc1cc(C)n(-c2ccccc2CNCc2cccc(C#N)c2)n1. The van der Waals surface area contributed by atoms with Crippen LogP contribution in [0.4, 0.5) is 0 Å². The Labute approximate surface area is 142 Å². The molecule has 0 aliphatic rings. The van der Waals surface area contributed by atoms with Gasteiger partial charge in [0.05, 0.1) is 23.0 Å². The minimum Gasteiger partial charge on any atom is -0.309 e. The summed E-state index contributed by atoms with van der Waals surface area (Å²) in [5.41, 5.74) is 6.24. The Morgan fingerprint density at radius 2 is 1.88 bits per heavy atom. The van der Waals surface area contributed by atoms with Crippen molar-refractivity contribution in [1.82, 2.24) is 15.1 Å². The zero-order valence-corrected chi connectivity index (χ0v) is 14.0. The van der Waals surface area contributed by atoms with Gasteiger partial charge >= 0.3 is 0 Å². The van der Waals surface area contributed by atoms with Gasteiger partial charge in [-0.1, -0.05) is 30.3 Å². The average Bonchev–Trinajstić information content (AvgIpc) is 2.94. The van der Waals surface area contributed by atoms with Crippen LogP contribution >= 0.6 is 0 Å². The average molecular weight is 316 g/mol. The van der Waals surface area contributed by atoms with E-state index >= 15 is 0 Å². The van der Waals surface area contributed by atoms with Crippen molar-refractivity contribution >= 4 is 0 Å². The predicted octanol–water partition coefficient (Wildman–Crippen LogP) is 3.65. The number of nitrogens with one attached hydrogen (secondary N) is 1. The summed E-state index contributed by atoms with van der Waals surface area (Å²) < 4.78 is 1.99. The Balaban J connectivity index is 1.74. The van der Waals surface area contributed by atoms with Crippen LogP contribution in [-0.2, 0) is 13.1 Å². The Kier molecular flexibility index (Phi) is 4.74. The van der Waals surface area contributed by atoms with Gasteiger partial charge in [-0.05, 0) is 49.2 Å². The first-order valence-corrected chi connectivity index (χ1v) is 7.98. The van der Waals surface area contributed by atoms with Crippen LogP contribution in [0.5, 0.6) is 0 Å².